The predicted molar refractivity (Wildman–Crippen MR) is 78.8 cm³/mol. The highest BCUT2D eigenvalue weighted by atomic mass is 16.6. The first-order chi connectivity index (χ1) is 11.8. The first kappa shape index (κ1) is 18.8. The SMILES string of the molecule is CCOC(=O)NC(=O)c1cn([C@H]2O[C@@H](CO)[C@@H](O)[C@@H]2O)c(=O)[nH]c1=O. The zero-order chi connectivity index (χ0) is 18.7. The third-order valence-corrected chi connectivity index (χ3v) is 3.49. The molecule has 4 atom stereocenters. The van der Waals surface area contributed by atoms with Gasteiger partial charge >= 0.3 is 11.8 Å². The Morgan fingerprint density at radius 1 is 1.36 bits per heavy atom. The van der Waals surface area contributed by atoms with Crippen LogP contribution in [0.5, 0.6) is 0 Å². The van der Waals surface area contributed by atoms with Gasteiger partial charge in [0.05, 0.1) is 13.2 Å². The summed E-state index contributed by atoms with van der Waals surface area (Å²) < 4.78 is 10.3. The molecule has 0 bridgehead atoms. The molecule has 0 aliphatic carbocycles. The van der Waals surface area contributed by atoms with Gasteiger partial charge in [-0.2, -0.15) is 0 Å². The van der Waals surface area contributed by atoms with Crippen LogP contribution in [0.2, 0.25) is 0 Å². The summed E-state index contributed by atoms with van der Waals surface area (Å²) in [6, 6.07) is 0. The number of rotatable bonds is 4. The number of aromatic amines is 1. The number of nitrogens with one attached hydrogen (secondary N) is 2. The number of hydrogen-bond donors (Lipinski definition) is 5. The fraction of sp³-hybridized carbons (Fsp3) is 0.538. The van der Waals surface area contributed by atoms with Crippen molar-refractivity contribution in [1.29, 1.82) is 0 Å². The lowest BCUT2D eigenvalue weighted by molar-refractivity contribution is -0.0551. The molecule has 2 rings (SSSR count). The van der Waals surface area contributed by atoms with E-state index < -0.39 is 60.0 Å². The van der Waals surface area contributed by atoms with Gasteiger partial charge in [0.25, 0.3) is 11.5 Å². The van der Waals surface area contributed by atoms with Crippen molar-refractivity contribution in [2.24, 2.45) is 0 Å². The highest BCUT2D eigenvalue weighted by Gasteiger charge is 2.44. The van der Waals surface area contributed by atoms with Crippen LogP contribution in [0.15, 0.2) is 15.8 Å². The molecule has 12 heteroatoms. The topological polar surface area (TPSA) is 180 Å². The molecule has 1 aromatic heterocycles. The van der Waals surface area contributed by atoms with Crippen LogP contribution < -0.4 is 16.6 Å². The minimum absolute atomic E-state index is 0.00247. The van der Waals surface area contributed by atoms with Crippen LogP contribution in [0, 0.1) is 0 Å². The molecule has 1 aliphatic rings. The molecule has 2 heterocycles. The van der Waals surface area contributed by atoms with Gasteiger partial charge in [-0.3, -0.25) is 24.5 Å². The van der Waals surface area contributed by atoms with Crippen molar-refractivity contribution in [1.82, 2.24) is 14.9 Å². The molecule has 2 amide bonds. The molecule has 25 heavy (non-hydrogen) atoms. The number of nitrogens with zero attached hydrogens (tertiary/aromatic N) is 1. The van der Waals surface area contributed by atoms with Gasteiger partial charge < -0.3 is 24.8 Å². The number of hydrogen-bond acceptors (Lipinski definition) is 9. The van der Waals surface area contributed by atoms with Crippen molar-refractivity contribution in [3.05, 3.63) is 32.6 Å². The second-order valence-electron chi connectivity index (χ2n) is 5.11. The van der Waals surface area contributed by atoms with Gasteiger partial charge in [-0.25, -0.2) is 9.59 Å². The van der Waals surface area contributed by atoms with Crippen molar-refractivity contribution in [2.45, 2.75) is 31.5 Å². The molecule has 1 saturated heterocycles. The second-order valence-corrected chi connectivity index (χ2v) is 5.11. The van der Waals surface area contributed by atoms with Crippen LogP contribution in [0.4, 0.5) is 4.79 Å². The highest BCUT2D eigenvalue weighted by molar-refractivity contribution is 6.02. The number of aliphatic hydroxyl groups is 3. The number of amides is 2. The van der Waals surface area contributed by atoms with E-state index in [4.69, 9.17) is 9.84 Å². The van der Waals surface area contributed by atoms with Crippen molar-refractivity contribution >= 4 is 12.0 Å². The summed E-state index contributed by atoms with van der Waals surface area (Å²) in [6.45, 7) is 0.888. The van der Waals surface area contributed by atoms with E-state index in [2.05, 4.69) is 4.74 Å². The van der Waals surface area contributed by atoms with Crippen LogP contribution in [0.25, 0.3) is 0 Å². The van der Waals surface area contributed by atoms with E-state index >= 15 is 0 Å². The molecule has 0 spiro atoms. The maximum absolute atomic E-state index is 12.0. The number of carbonyl (C=O) groups excluding carboxylic acids is 2. The van der Waals surface area contributed by atoms with Crippen LogP contribution in [0.1, 0.15) is 23.5 Å². The Morgan fingerprint density at radius 2 is 2.04 bits per heavy atom. The Balaban J connectivity index is 2.35. The monoisotopic (exact) mass is 359 g/mol. The van der Waals surface area contributed by atoms with E-state index in [1.54, 1.807) is 5.32 Å². The van der Waals surface area contributed by atoms with Gasteiger partial charge in [0.2, 0.25) is 0 Å². The van der Waals surface area contributed by atoms with Crippen molar-refractivity contribution in [2.75, 3.05) is 13.2 Å². The number of ether oxygens (including phenoxy) is 2. The fourth-order valence-electron chi connectivity index (χ4n) is 2.27. The number of aromatic nitrogens is 2. The van der Waals surface area contributed by atoms with Crippen molar-refractivity contribution in [3.63, 3.8) is 0 Å². The standard InChI is InChI=1S/C13H17N3O9/c1-2-24-13(23)15-10(21)5-3-16(12(22)14-9(5)20)11-8(19)7(18)6(4-17)25-11/h3,6-8,11,17-19H,2,4H2,1H3,(H,14,20,22)(H,15,21,23)/t6-,7+,8-,11-/m0/s1. The minimum Gasteiger partial charge on any atom is -0.450 e. The van der Waals surface area contributed by atoms with Crippen LogP contribution in [-0.4, -0.2) is 68.4 Å². The van der Waals surface area contributed by atoms with Crippen LogP contribution in [0.3, 0.4) is 0 Å². The summed E-state index contributed by atoms with van der Waals surface area (Å²) in [5.41, 5.74) is -2.72. The first-order valence-corrected chi connectivity index (χ1v) is 7.26. The van der Waals surface area contributed by atoms with E-state index in [0.29, 0.717) is 4.57 Å². The second kappa shape index (κ2) is 7.57. The van der Waals surface area contributed by atoms with Crippen LogP contribution in [-0.2, 0) is 9.47 Å². The lowest BCUT2D eigenvalue weighted by atomic mass is 10.1. The molecule has 0 aromatic carbocycles. The molecular formula is C13H17N3O9. The summed E-state index contributed by atoms with van der Waals surface area (Å²) in [5.74, 6) is -1.14. The number of carbonyl (C=O) groups is 2. The van der Waals surface area contributed by atoms with Crippen molar-refractivity contribution in [3.8, 4) is 0 Å². The Bertz CT molecular complexity index is 771. The molecule has 1 fully saturated rings. The normalized spacial score (nSPS) is 25.6. The third-order valence-electron chi connectivity index (χ3n) is 3.49. The van der Waals surface area contributed by atoms with E-state index in [0.717, 1.165) is 6.20 Å². The Morgan fingerprint density at radius 3 is 2.60 bits per heavy atom. The lowest BCUT2D eigenvalue weighted by Gasteiger charge is -2.17. The van der Waals surface area contributed by atoms with Gasteiger partial charge in [0.15, 0.2) is 6.23 Å². The molecular weight excluding hydrogens is 342 g/mol. The van der Waals surface area contributed by atoms with Gasteiger partial charge in [0.1, 0.15) is 23.9 Å². The van der Waals surface area contributed by atoms with Crippen molar-refractivity contribution < 1.29 is 34.4 Å². The smallest absolute Gasteiger partial charge is 0.414 e. The number of alkyl carbamates (subject to hydrolysis) is 1. The zero-order valence-electron chi connectivity index (χ0n) is 13.0. The maximum Gasteiger partial charge on any atom is 0.414 e. The van der Waals surface area contributed by atoms with Gasteiger partial charge in [0, 0.05) is 6.20 Å². The molecule has 0 radical (unpaired) electrons. The van der Waals surface area contributed by atoms with E-state index in [9.17, 15) is 29.4 Å². The fourth-order valence-corrected chi connectivity index (χ4v) is 2.27. The largest absolute Gasteiger partial charge is 0.450 e. The zero-order valence-corrected chi connectivity index (χ0v) is 13.0. The maximum atomic E-state index is 12.0. The summed E-state index contributed by atoms with van der Waals surface area (Å²) in [4.78, 5) is 48.8. The average Bonchev–Trinajstić information content (AvgIpc) is 2.83. The summed E-state index contributed by atoms with van der Waals surface area (Å²) in [5, 5.41) is 30.5. The van der Waals surface area contributed by atoms with E-state index in [-0.39, 0.29) is 6.61 Å². The van der Waals surface area contributed by atoms with E-state index in [1.807, 2.05) is 4.98 Å². The summed E-state index contributed by atoms with van der Waals surface area (Å²) >= 11 is 0. The Kier molecular flexibility index (Phi) is 5.69. The quantitative estimate of drug-likeness (QED) is 0.375. The predicted octanol–water partition coefficient (Wildman–Crippen LogP) is -2.97. The molecule has 1 aliphatic heterocycles. The van der Waals surface area contributed by atoms with Gasteiger partial charge in [-0.05, 0) is 6.92 Å². The molecule has 5 N–H and O–H groups in total. The lowest BCUT2D eigenvalue weighted by Crippen LogP contribution is -2.42. The highest BCUT2D eigenvalue weighted by Crippen LogP contribution is 2.27. The van der Waals surface area contributed by atoms with Crippen LogP contribution >= 0.6 is 0 Å². The third kappa shape index (κ3) is 3.76. The van der Waals surface area contributed by atoms with Gasteiger partial charge in [-0.15, -0.1) is 0 Å². The average molecular weight is 359 g/mol. The molecule has 1 aromatic rings. The molecule has 0 unspecified atom stereocenters. The molecule has 12 nitrogen and oxygen atoms in total. The Labute approximate surface area is 139 Å². The number of aliphatic hydroxyl groups excluding tert-OH is 3. The van der Waals surface area contributed by atoms with E-state index in [1.165, 1.54) is 6.92 Å². The molecule has 0 saturated carbocycles. The Hall–Kier alpha value is -2.54. The molecule has 138 valence electrons. The number of H-pyrrole nitrogens is 1. The number of imide groups is 1. The summed E-state index contributed by atoms with van der Waals surface area (Å²) in [7, 11) is 0. The first-order valence-electron chi connectivity index (χ1n) is 7.26. The van der Waals surface area contributed by atoms with Gasteiger partial charge in [-0.1, -0.05) is 0 Å². The minimum atomic E-state index is -1.60. The summed E-state index contributed by atoms with van der Waals surface area (Å²) in [6.07, 6.45) is -6.00.